The third-order valence-electron chi connectivity index (χ3n) is 7.63. The molecule has 0 amide bonds. The maximum absolute atomic E-state index is 12.4. The fourth-order valence-electron chi connectivity index (χ4n) is 6.66. The molecule has 1 N–H and O–H groups in total. The molecule has 3 rings (SSSR count). The van der Waals surface area contributed by atoms with Crippen molar-refractivity contribution in [2.45, 2.75) is 58.8 Å². The van der Waals surface area contributed by atoms with Gasteiger partial charge in [0.15, 0.2) is 0 Å². The van der Waals surface area contributed by atoms with Crippen LogP contribution in [0.15, 0.2) is 0 Å². The molecule has 1 unspecified atom stereocenters. The largest absolute Gasteiger partial charge is 0.396 e. The highest BCUT2D eigenvalue weighted by Gasteiger charge is 2.58. The van der Waals surface area contributed by atoms with Crippen LogP contribution in [0.3, 0.4) is 0 Å². The quantitative estimate of drug-likeness (QED) is 0.726. The molecule has 0 aromatic rings. The van der Waals surface area contributed by atoms with E-state index in [-0.39, 0.29) is 5.41 Å². The SMILES string of the molecule is CC1C[C@@H]2[C@H](CC[C@]3(C)[C@@H](C(=O)CBr)CC[C@@H]23)[C@H]1CCCO. The molecule has 0 heterocycles. The average molecular weight is 371 g/mol. The molecule has 0 aliphatic heterocycles. The Hall–Kier alpha value is 0.110. The Bertz CT molecular complexity index is 424. The molecule has 7 atom stereocenters. The maximum Gasteiger partial charge on any atom is 0.147 e. The Morgan fingerprint density at radius 3 is 2.73 bits per heavy atom. The lowest BCUT2D eigenvalue weighted by molar-refractivity contribution is -0.125. The number of Topliss-reactive ketones (excluding diaryl/α,β-unsaturated/α-hetero) is 1. The zero-order valence-corrected chi connectivity index (χ0v) is 15.6. The number of rotatable bonds is 5. The highest BCUT2D eigenvalue weighted by Crippen LogP contribution is 2.64. The van der Waals surface area contributed by atoms with Crippen LogP contribution in [0.1, 0.15) is 58.8 Å². The van der Waals surface area contributed by atoms with E-state index in [0.29, 0.717) is 23.6 Å². The second kappa shape index (κ2) is 6.55. The summed E-state index contributed by atoms with van der Waals surface area (Å²) in [5, 5.41) is 9.71. The van der Waals surface area contributed by atoms with Crippen LogP contribution in [0.25, 0.3) is 0 Å². The molecule has 0 spiro atoms. The van der Waals surface area contributed by atoms with E-state index in [9.17, 15) is 9.90 Å². The average Bonchev–Trinajstić information content (AvgIpc) is 3.01. The number of hydrogen-bond acceptors (Lipinski definition) is 2. The van der Waals surface area contributed by atoms with Crippen molar-refractivity contribution in [2.24, 2.45) is 40.9 Å². The standard InChI is InChI=1S/C19H31BrO2/c1-12-10-15-14(13(12)4-3-9-21)7-8-19(2)16(15)5-6-17(19)18(22)11-20/h12-17,21H,3-11H2,1-2H3/t12?,13-,14+,15+,16-,17+,19-/m0/s1. The zero-order valence-electron chi connectivity index (χ0n) is 14.1. The van der Waals surface area contributed by atoms with Gasteiger partial charge in [-0.2, -0.15) is 0 Å². The first-order valence-corrected chi connectivity index (χ1v) is 10.3. The minimum atomic E-state index is 0.262. The van der Waals surface area contributed by atoms with Gasteiger partial charge < -0.3 is 5.11 Å². The van der Waals surface area contributed by atoms with Crippen molar-refractivity contribution in [1.29, 1.82) is 0 Å². The third kappa shape index (κ3) is 2.60. The first-order chi connectivity index (χ1) is 10.5. The Morgan fingerprint density at radius 1 is 1.27 bits per heavy atom. The molecule has 3 fully saturated rings. The highest BCUT2D eigenvalue weighted by atomic mass is 79.9. The lowest BCUT2D eigenvalue weighted by Crippen LogP contribution is -2.43. The molecule has 0 bridgehead atoms. The summed E-state index contributed by atoms with van der Waals surface area (Å²) in [6.07, 6.45) is 8.45. The molecule has 22 heavy (non-hydrogen) atoms. The van der Waals surface area contributed by atoms with Gasteiger partial charge in [0, 0.05) is 12.5 Å². The first kappa shape index (κ1) is 17.0. The van der Waals surface area contributed by atoms with Crippen LogP contribution in [-0.4, -0.2) is 22.8 Å². The lowest BCUT2D eigenvalue weighted by Gasteiger charge is -2.47. The molecule has 126 valence electrons. The van der Waals surface area contributed by atoms with Crippen molar-refractivity contribution in [2.75, 3.05) is 11.9 Å². The summed E-state index contributed by atoms with van der Waals surface area (Å²) in [7, 11) is 0. The molecule has 3 aliphatic carbocycles. The van der Waals surface area contributed by atoms with Crippen LogP contribution in [0, 0.1) is 40.9 Å². The fourth-order valence-corrected chi connectivity index (χ4v) is 7.05. The number of aliphatic hydroxyl groups excluding tert-OH is 1. The van der Waals surface area contributed by atoms with E-state index < -0.39 is 0 Å². The Kier molecular flexibility index (Phi) is 5.04. The number of halogens is 1. The Labute approximate surface area is 143 Å². The summed E-state index contributed by atoms with van der Waals surface area (Å²) < 4.78 is 0. The van der Waals surface area contributed by atoms with Gasteiger partial charge in [-0.15, -0.1) is 0 Å². The predicted octanol–water partition coefficient (Wildman–Crippen LogP) is 4.44. The number of carbonyl (C=O) groups is 1. The summed E-state index contributed by atoms with van der Waals surface area (Å²) >= 11 is 3.40. The van der Waals surface area contributed by atoms with E-state index in [4.69, 9.17) is 0 Å². The minimum Gasteiger partial charge on any atom is -0.396 e. The number of hydrogen-bond donors (Lipinski definition) is 1. The van der Waals surface area contributed by atoms with E-state index in [1.54, 1.807) is 0 Å². The van der Waals surface area contributed by atoms with Crippen LogP contribution in [0.5, 0.6) is 0 Å². The summed E-state index contributed by atoms with van der Waals surface area (Å²) in [5.41, 5.74) is 0.262. The van der Waals surface area contributed by atoms with Crippen LogP contribution in [0.4, 0.5) is 0 Å². The van der Waals surface area contributed by atoms with Crippen molar-refractivity contribution in [3.8, 4) is 0 Å². The first-order valence-electron chi connectivity index (χ1n) is 9.22. The van der Waals surface area contributed by atoms with Crippen molar-refractivity contribution < 1.29 is 9.90 Å². The van der Waals surface area contributed by atoms with Gasteiger partial charge in [-0.05, 0) is 80.0 Å². The molecule has 0 aromatic carbocycles. The number of ketones is 1. The summed E-state index contributed by atoms with van der Waals surface area (Å²) in [6.45, 7) is 5.18. The number of fused-ring (bicyclic) bond motifs is 3. The molecule has 3 heteroatoms. The summed E-state index contributed by atoms with van der Waals surface area (Å²) in [6, 6.07) is 0. The van der Waals surface area contributed by atoms with Crippen molar-refractivity contribution in [3.05, 3.63) is 0 Å². The molecular weight excluding hydrogens is 340 g/mol. The fraction of sp³-hybridized carbons (Fsp3) is 0.947. The van der Waals surface area contributed by atoms with Gasteiger partial charge in [0.25, 0.3) is 0 Å². The van der Waals surface area contributed by atoms with Gasteiger partial charge >= 0.3 is 0 Å². The molecule has 3 saturated carbocycles. The molecule has 0 aromatic heterocycles. The van der Waals surface area contributed by atoms with Crippen molar-refractivity contribution in [1.82, 2.24) is 0 Å². The molecule has 0 radical (unpaired) electrons. The van der Waals surface area contributed by atoms with E-state index in [1.807, 2.05) is 0 Å². The predicted molar refractivity (Wildman–Crippen MR) is 92.9 cm³/mol. The van der Waals surface area contributed by atoms with Gasteiger partial charge in [-0.1, -0.05) is 29.8 Å². The smallest absolute Gasteiger partial charge is 0.147 e. The van der Waals surface area contributed by atoms with Gasteiger partial charge in [0.05, 0.1) is 5.33 Å². The van der Waals surface area contributed by atoms with Crippen LogP contribution in [0.2, 0.25) is 0 Å². The Balaban J connectivity index is 1.77. The maximum atomic E-state index is 12.4. The molecule has 2 nitrogen and oxygen atoms in total. The summed E-state index contributed by atoms with van der Waals surface area (Å²) in [5.74, 6) is 4.81. The van der Waals surface area contributed by atoms with Gasteiger partial charge in [-0.3, -0.25) is 4.79 Å². The monoisotopic (exact) mass is 370 g/mol. The zero-order chi connectivity index (χ0) is 15.9. The van der Waals surface area contributed by atoms with E-state index in [0.717, 1.165) is 42.4 Å². The number of carbonyl (C=O) groups excluding carboxylic acids is 1. The Morgan fingerprint density at radius 2 is 2.05 bits per heavy atom. The minimum absolute atomic E-state index is 0.262. The van der Waals surface area contributed by atoms with Crippen LogP contribution < -0.4 is 0 Å². The lowest BCUT2D eigenvalue weighted by atomic mass is 9.57. The number of alkyl halides is 1. The van der Waals surface area contributed by atoms with Gasteiger partial charge in [0.1, 0.15) is 5.78 Å². The molecule has 0 saturated heterocycles. The highest BCUT2D eigenvalue weighted by molar-refractivity contribution is 9.09. The van der Waals surface area contributed by atoms with E-state index >= 15 is 0 Å². The normalized spacial score (nSPS) is 47.3. The van der Waals surface area contributed by atoms with Crippen molar-refractivity contribution in [3.63, 3.8) is 0 Å². The topological polar surface area (TPSA) is 37.3 Å². The second-order valence-corrected chi connectivity index (χ2v) is 9.01. The van der Waals surface area contributed by atoms with Gasteiger partial charge in [-0.25, -0.2) is 0 Å². The number of aliphatic hydroxyl groups is 1. The molecule has 3 aliphatic rings. The van der Waals surface area contributed by atoms with Crippen molar-refractivity contribution >= 4 is 21.7 Å². The van der Waals surface area contributed by atoms with Crippen LogP contribution >= 0.6 is 15.9 Å². The summed E-state index contributed by atoms with van der Waals surface area (Å²) in [4.78, 5) is 12.4. The van der Waals surface area contributed by atoms with Gasteiger partial charge in [0.2, 0.25) is 0 Å². The second-order valence-electron chi connectivity index (χ2n) is 8.45. The van der Waals surface area contributed by atoms with E-state index in [1.165, 1.54) is 32.1 Å². The van der Waals surface area contributed by atoms with Crippen LogP contribution in [-0.2, 0) is 4.79 Å². The van der Waals surface area contributed by atoms with E-state index in [2.05, 4.69) is 29.8 Å². The third-order valence-corrected chi connectivity index (χ3v) is 8.19. The molecular formula is C19H31BrO2.